The predicted octanol–water partition coefficient (Wildman–Crippen LogP) is 6.28. The molecule has 0 aliphatic heterocycles. The van der Waals surface area contributed by atoms with E-state index in [1.807, 2.05) is 62.4 Å². The maximum absolute atomic E-state index is 11.7. The maximum atomic E-state index is 11.7. The van der Waals surface area contributed by atoms with Crippen molar-refractivity contribution in [2.75, 3.05) is 11.1 Å². The molecule has 0 saturated heterocycles. The largest absolute Gasteiger partial charge is 0.478 e. The highest BCUT2D eigenvalue weighted by Gasteiger charge is 2.08. The first-order valence-electron chi connectivity index (χ1n) is 11.6. The van der Waals surface area contributed by atoms with E-state index in [0.717, 1.165) is 27.9 Å². The molecule has 7 nitrogen and oxygen atoms in total. The molecule has 0 unspecified atom stereocenters. The summed E-state index contributed by atoms with van der Waals surface area (Å²) in [6, 6.07) is 28.3. The van der Waals surface area contributed by atoms with E-state index in [2.05, 4.69) is 5.32 Å². The van der Waals surface area contributed by atoms with Crippen molar-refractivity contribution in [3.8, 4) is 22.3 Å². The first-order chi connectivity index (χ1) is 17.6. The van der Waals surface area contributed by atoms with Gasteiger partial charge in [0.15, 0.2) is 0 Å². The molecular weight excluding hydrogens is 468 g/mol. The second-order valence-electron chi connectivity index (χ2n) is 8.62. The molecule has 0 bridgehead atoms. The number of carboxylic acid groups (broad SMARTS) is 2. The second-order valence-corrected chi connectivity index (χ2v) is 8.62. The zero-order chi connectivity index (χ0) is 26.9. The number of carboxylic acids is 2. The number of carbonyl (C=O) groups is 3. The Labute approximate surface area is 215 Å². The number of anilines is 2. The molecule has 0 spiro atoms. The lowest BCUT2D eigenvalue weighted by Gasteiger charge is -2.09. The number of nitrogens with one attached hydrogen (secondary N) is 1. The van der Waals surface area contributed by atoms with Crippen molar-refractivity contribution in [3.63, 3.8) is 0 Å². The van der Waals surface area contributed by atoms with Gasteiger partial charge in [0.25, 0.3) is 0 Å². The Morgan fingerprint density at radius 1 is 0.649 bits per heavy atom. The SMILES string of the molecule is CC(C)C(=O)Nc1cccc(-c2ccc(C(=O)O)cc2)c1.Nc1cccc(-c2ccc(C(=O)O)cc2)c1. The summed E-state index contributed by atoms with van der Waals surface area (Å²) in [5, 5.41) is 20.5. The monoisotopic (exact) mass is 496 g/mol. The van der Waals surface area contributed by atoms with Crippen LogP contribution in [-0.4, -0.2) is 28.1 Å². The van der Waals surface area contributed by atoms with Crippen LogP contribution in [0.5, 0.6) is 0 Å². The average molecular weight is 497 g/mol. The number of rotatable bonds is 6. The van der Waals surface area contributed by atoms with E-state index in [9.17, 15) is 14.4 Å². The molecule has 0 saturated carbocycles. The van der Waals surface area contributed by atoms with Crippen LogP contribution in [0.1, 0.15) is 34.6 Å². The second kappa shape index (κ2) is 12.2. The van der Waals surface area contributed by atoms with Gasteiger partial charge in [0, 0.05) is 17.3 Å². The van der Waals surface area contributed by atoms with E-state index < -0.39 is 11.9 Å². The standard InChI is InChI=1S/C17H17NO3.C13H11NO2/c1-11(2)16(19)18-15-5-3-4-14(10-15)12-6-8-13(9-7-12)17(20)21;14-12-3-1-2-11(8-12)9-4-6-10(7-5-9)13(15)16/h3-11H,1-2H3,(H,18,19)(H,20,21);1-8H,14H2,(H,15,16). The quantitative estimate of drug-likeness (QED) is 0.232. The minimum atomic E-state index is -0.945. The van der Waals surface area contributed by atoms with Crippen LogP contribution in [0.25, 0.3) is 22.3 Å². The smallest absolute Gasteiger partial charge is 0.335 e. The minimum absolute atomic E-state index is 0.0339. The van der Waals surface area contributed by atoms with Gasteiger partial charge in [-0.25, -0.2) is 9.59 Å². The van der Waals surface area contributed by atoms with Crippen LogP contribution in [0.15, 0.2) is 97.1 Å². The minimum Gasteiger partial charge on any atom is -0.478 e. The third kappa shape index (κ3) is 7.53. The van der Waals surface area contributed by atoms with Gasteiger partial charge in [-0.2, -0.15) is 0 Å². The van der Waals surface area contributed by atoms with Gasteiger partial charge in [-0.3, -0.25) is 4.79 Å². The summed E-state index contributed by atoms with van der Waals surface area (Å²) in [4.78, 5) is 33.2. The molecule has 0 heterocycles. The fourth-order valence-corrected chi connectivity index (χ4v) is 3.39. The average Bonchev–Trinajstić information content (AvgIpc) is 2.89. The fraction of sp³-hybridized carbons (Fsp3) is 0.100. The van der Waals surface area contributed by atoms with Gasteiger partial charge >= 0.3 is 11.9 Å². The maximum Gasteiger partial charge on any atom is 0.335 e. The molecule has 7 heteroatoms. The highest BCUT2D eigenvalue weighted by atomic mass is 16.4. The molecule has 0 aliphatic carbocycles. The summed E-state index contributed by atoms with van der Waals surface area (Å²) in [6.07, 6.45) is 0. The van der Waals surface area contributed by atoms with E-state index >= 15 is 0 Å². The molecular formula is C30H28N2O5. The number of nitrogen functional groups attached to an aromatic ring is 1. The summed E-state index contributed by atoms with van der Waals surface area (Å²) in [7, 11) is 0. The van der Waals surface area contributed by atoms with Crippen LogP contribution in [0.4, 0.5) is 11.4 Å². The summed E-state index contributed by atoms with van der Waals surface area (Å²) in [6.45, 7) is 3.67. The Balaban J connectivity index is 0.000000213. The molecule has 188 valence electrons. The van der Waals surface area contributed by atoms with Crippen molar-refractivity contribution in [1.29, 1.82) is 0 Å². The van der Waals surface area contributed by atoms with E-state index in [0.29, 0.717) is 5.69 Å². The first kappa shape index (κ1) is 26.7. The number of nitrogens with two attached hydrogens (primary N) is 1. The van der Waals surface area contributed by atoms with E-state index in [4.69, 9.17) is 15.9 Å². The molecule has 0 atom stereocenters. The van der Waals surface area contributed by atoms with Crippen LogP contribution >= 0.6 is 0 Å². The molecule has 0 fully saturated rings. The highest BCUT2D eigenvalue weighted by molar-refractivity contribution is 5.93. The van der Waals surface area contributed by atoms with E-state index in [1.54, 1.807) is 48.5 Å². The number of aromatic carboxylic acids is 2. The van der Waals surface area contributed by atoms with Crippen LogP contribution in [0, 0.1) is 5.92 Å². The van der Waals surface area contributed by atoms with Crippen molar-refractivity contribution in [3.05, 3.63) is 108 Å². The van der Waals surface area contributed by atoms with Crippen molar-refractivity contribution >= 4 is 29.2 Å². The number of carbonyl (C=O) groups excluding carboxylic acids is 1. The normalized spacial score (nSPS) is 10.2. The Morgan fingerprint density at radius 3 is 1.54 bits per heavy atom. The Morgan fingerprint density at radius 2 is 1.11 bits per heavy atom. The van der Waals surface area contributed by atoms with E-state index in [-0.39, 0.29) is 23.0 Å². The third-order valence-electron chi connectivity index (χ3n) is 5.47. The zero-order valence-corrected chi connectivity index (χ0v) is 20.5. The first-order valence-corrected chi connectivity index (χ1v) is 11.6. The Kier molecular flexibility index (Phi) is 8.78. The summed E-state index contributed by atoms with van der Waals surface area (Å²) < 4.78 is 0. The highest BCUT2D eigenvalue weighted by Crippen LogP contribution is 2.24. The lowest BCUT2D eigenvalue weighted by Crippen LogP contribution is -2.17. The lowest BCUT2D eigenvalue weighted by atomic mass is 10.0. The van der Waals surface area contributed by atoms with Crippen LogP contribution in [0.3, 0.4) is 0 Å². The predicted molar refractivity (Wildman–Crippen MR) is 146 cm³/mol. The Hall–Kier alpha value is -4.91. The topological polar surface area (TPSA) is 130 Å². The molecule has 37 heavy (non-hydrogen) atoms. The zero-order valence-electron chi connectivity index (χ0n) is 20.5. The Bertz CT molecular complexity index is 1390. The molecule has 5 N–H and O–H groups in total. The molecule has 1 amide bonds. The van der Waals surface area contributed by atoms with Crippen LogP contribution in [0.2, 0.25) is 0 Å². The number of hydrogen-bond donors (Lipinski definition) is 4. The van der Waals surface area contributed by atoms with Gasteiger partial charge < -0.3 is 21.3 Å². The molecule has 4 aromatic carbocycles. The van der Waals surface area contributed by atoms with Crippen molar-refractivity contribution in [1.82, 2.24) is 0 Å². The van der Waals surface area contributed by atoms with Crippen LogP contribution in [-0.2, 0) is 4.79 Å². The van der Waals surface area contributed by atoms with Gasteiger partial charge in [0.1, 0.15) is 0 Å². The van der Waals surface area contributed by atoms with Crippen LogP contribution < -0.4 is 11.1 Å². The molecule has 0 radical (unpaired) electrons. The fourth-order valence-electron chi connectivity index (χ4n) is 3.39. The number of hydrogen-bond acceptors (Lipinski definition) is 4. The van der Waals surface area contributed by atoms with Gasteiger partial charge in [0.2, 0.25) is 5.91 Å². The van der Waals surface area contributed by atoms with Gasteiger partial charge in [-0.1, -0.05) is 62.4 Å². The molecule has 4 rings (SSSR count). The van der Waals surface area contributed by atoms with E-state index in [1.165, 1.54) is 0 Å². The third-order valence-corrected chi connectivity index (χ3v) is 5.47. The molecule has 4 aromatic rings. The summed E-state index contributed by atoms with van der Waals surface area (Å²) >= 11 is 0. The van der Waals surface area contributed by atoms with Gasteiger partial charge in [0.05, 0.1) is 11.1 Å². The van der Waals surface area contributed by atoms with Gasteiger partial charge in [-0.15, -0.1) is 0 Å². The van der Waals surface area contributed by atoms with Gasteiger partial charge in [-0.05, 0) is 70.8 Å². The molecule has 0 aromatic heterocycles. The molecule has 0 aliphatic rings. The van der Waals surface area contributed by atoms with Crippen molar-refractivity contribution < 1.29 is 24.6 Å². The number of amides is 1. The number of benzene rings is 4. The lowest BCUT2D eigenvalue weighted by molar-refractivity contribution is -0.118. The van der Waals surface area contributed by atoms with Crippen molar-refractivity contribution in [2.24, 2.45) is 5.92 Å². The van der Waals surface area contributed by atoms with Crippen molar-refractivity contribution in [2.45, 2.75) is 13.8 Å². The summed E-state index contributed by atoms with van der Waals surface area (Å²) in [5.74, 6) is -1.98. The summed E-state index contributed by atoms with van der Waals surface area (Å²) in [5.41, 5.74) is 11.4.